The zero-order valence-electron chi connectivity index (χ0n) is 10.5. The first-order valence-electron chi connectivity index (χ1n) is 6.07. The van der Waals surface area contributed by atoms with Gasteiger partial charge in [-0.1, -0.05) is 0 Å². The van der Waals surface area contributed by atoms with Gasteiger partial charge in [0.1, 0.15) is 5.03 Å². The third-order valence-corrected chi connectivity index (χ3v) is 3.94. The maximum atomic E-state index is 4.45. The second kappa shape index (κ2) is 6.33. The van der Waals surface area contributed by atoms with Crippen LogP contribution in [0.15, 0.2) is 17.4 Å². The number of nitrogens with zero attached hydrogens (tertiary/aromatic N) is 3. The molecule has 94 valence electrons. The first kappa shape index (κ1) is 12.8. The van der Waals surface area contributed by atoms with Gasteiger partial charge in [0.25, 0.3) is 0 Å². The number of piperidine rings is 1. The average molecular weight is 252 g/mol. The Morgan fingerprint density at radius 3 is 3.06 bits per heavy atom. The van der Waals surface area contributed by atoms with E-state index in [9.17, 15) is 0 Å². The lowest BCUT2D eigenvalue weighted by Crippen LogP contribution is -2.44. The zero-order valence-corrected chi connectivity index (χ0v) is 11.3. The smallest absolute Gasteiger partial charge is 0.119 e. The highest BCUT2D eigenvalue weighted by molar-refractivity contribution is 7.98. The standard InChI is InChI=1S/C12H20N4S/c1-13-10-4-3-7-16(8-10)9-11-12(17-2)15-6-5-14-11/h5-6,10,13H,3-4,7-9H2,1-2H3/t10-/m1/s1. The molecule has 1 fully saturated rings. The topological polar surface area (TPSA) is 41.0 Å². The van der Waals surface area contributed by atoms with E-state index in [0.29, 0.717) is 6.04 Å². The zero-order chi connectivity index (χ0) is 12.1. The second-order valence-electron chi connectivity index (χ2n) is 4.38. The Kier molecular flexibility index (Phi) is 4.76. The molecule has 0 spiro atoms. The van der Waals surface area contributed by atoms with Crippen molar-refractivity contribution in [3.8, 4) is 0 Å². The van der Waals surface area contributed by atoms with Crippen molar-refractivity contribution in [1.29, 1.82) is 0 Å². The van der Waals surface area contributed by atoms with Crippen molar-refractivity contribution in [2.45, 2.75) is 30.5 Å². The highest BCUT2D eigenvalue weighted by Crippen LogP contribution is 2.18. The molecule has 17 heavy (non-hydrogen) atoms. The highest BCUT2D eigenvalue weighted by atomic mass is 32.2. The Morgan fingerprint density at radius 2 is 2.29 bits per heavy atom. The summed E-state index contributed by atoms with van der Waals surface area (Å²) < 4.78 is 0. The van der Waals surface area contributed by atoms with Crippen LogP contribution >= 0.6 is 11.8 Å². The van der Waals surface area contributed by atoms with E-state index in [0.717, 1.165) is 23.8 Å². The van der Waals surface area contributed by atoms with Gasteiger partial charge in [-0.05, 0) is 32.7 Å². The van der Waals surface area contributed by atoms with Gasteiger partial charge in [0.15, 0.2) is 0 Å². The molecular formula is C12H20N4S. The summed E-state index contributed by atoms with van der Waals surface area (Å²) in [5.74, 6) is 0. The molecule has 1 aromatic heterocycles. The van der Waals surface area contributed by atoms with E-state index in [4.69, 9.17) is 0 Å². The predicted molar refractivity (Wildman–Crippen MR) is 71.2 cm³/mol. The number of likely N-dealkylation sites (N-methyl/N-ethyl adjacent to an activating group) is 1. The summed E-state index contributed by atoms with van der Waals surface area (Å²) in [5, 5.41) is 4.42. The molecule has 0 radical (unpaired) electrons. The molecule has 0 aliphatic carbocycles. The Bertz CT molecular complexity index is 358. The fraction of sp³-hybridized carbons (Fsp3) is 0.667. The van der Waals surface area contributed by atoms with Crippen molar-refractivity contribution >= 4 is 11.8 Å². The summed E-state index contributed by atoms with van der Waals surface area (Å²) in [7, 11) is 2.05. The molecule has 0 unspecified atom stereocenters. The first-order valence-corrected chi connectivity index (χ1v) is 7.29. The van der Waals surface area contributed by atoms with Gasteiger partial charge in [0.2, 0.25) is 0 Å². The SMILES string of the molecule is CN[C@@H]1CCCN(Cc2nccnc2SC)C1. The van der Waals surface area contributed by atoms with Crippen LogP contribution in [0.2, 0.25) is 0 Å². The fourth-order valence-corrected chi connectivity index (χ4v) is 2.80. The van der Waals surface area contributed by atoms with Crippen LogP contribution < -0.4 is 5.32 Å². The Hall–Kier alpha value is -0.650. The van der Waals surface area contributed by atoms with Gasteiger partial charge in [0.05, 0.1) is 5.69 Å². The summed E-state index contributed by atoms with van der Waals surface area (Å²) in [5.41, 5.74) is 1.11. The van der Waals surface area contributed by atoms with Crippen LogP contribution in [-0.2, 0) is 6.54 Å². The molecular weight excluding hydrogens is 232 g/mol. The molecule has 0 amide bonds. The first-order chi connectivity index (χ1) is 8.33. The summed E-state index contributed by atoms with van der Waals surface area (Å²) in [6.07, 6.45) is 8.15. The normalized spacial score (nSPS) is 21.6. The van der Waals surface area contributed by atoms with Crippen molar-refractivity contribution in [2.75, 3.05) is 26.4 Å². The lowest BCUT2D eigenvalue weighted by atomic mass is 10.1. The molecule has 2 rings (SSSR count). The maximum absolute atomic E-state index is 4.45. The third-order valence-electron chi connectivity index (χ3n) is 3.22. The number of hydrogen-bond donors (Lipinski definition) is 1. The number of rotatable bonds is 4. The minimum absolute atomic E-state index is 0.623. The van der Waals surface area contributed by atoms with E-state index in [2.05, 4.69) is 26.4 Å². The molecule has 1 atom stereocenters. The average Bonchev–Trinajstić information content (AvgIpc) is 2.39. The van der Waals surface area contributed by atoms with Crippen LogP contribution in [0.1, 0.15) is 18.5 Å². The van der Waals surface area contributed by atoms with Gasteiger partial charge in [-0.2, -0.15) is 0 Å². The van der Waals surface area contributed by atoms with Crippen LogP contribution in [0.4, 0.5) is 0 Å². The van der Waals surface area contributed by atoms with Crippen LogP contribution in [0, 0.1) is 0 Å². The number of nitrogens with one attached hydrogen (secondary N) is 1. The van der Waals surface area contributed by atoms with Crippen molar-refractivity contribution in [2.24, 2.45) is 0 Å². The molecule has 0 aromatic carbocycles. The van der Waals surface area contributed by atoms with Crippen molar-refractivity contribution in [3.05, 3.63) is 18.1 Å². The molecule has 1 aliphatic heterocycles. The summed E-state index contributed by atoms with van der Waals surface area (Å²) in [4.78, 5) is 11.3. The fourth-order valence-electron chi connectivity index (χ4n) is 2.28. The molecule has 1 aliphatic rings. The minimum Gasteiger partial charge on any atom is -0.316 e. The van der Waals surface area contributed by atoms with Crippen LogP contribution in [0.3, 0.4) is 0 Å². The predicted octanol–water partition coefficient (Wildman–Crippen LogP) is 1.38. The molecule has 2 heterocycles. The van der Waals surface area contributed by atoms with Crippen LogP contribution in [0.5, 0.6) is 0 Å². The molecule has 1 saturated heterocycles. The molecule has 4 nitrogen and oxygen atoms in total. The largest absolute Gasteiger partial charge is 0.316 e. The van der Waals surface area contributed by atoms with Gasteiger partial charge in [-0.25, -0.2) is 4.98 Å². The van der Waals surface area contributed by atoms with Gasteiger partial charge in [-0.3, -0.25) is 9.88 Å². The Balaban J connectivity index is 2.00. The molecule has 1 aromatic rings. The third kappa shape index (κ3) is 3.40. The summed E-state index contributed by atoms with van der Waals surface area (Å²) in [6, 6.07) is 0.623. The maximum Gasteiger partial charge on any atom is 0.119 e. The molecule has 1 N–H and O–H groups in total. The van der Waals surface area contributed by atoms with E-state index in [1.165, 1.54) is 19.4 Å². The lowest BCUT2D eigenvalue weighted by Gasteiger charge is -2.32. The van der Waals surface area contributed by atoms with E-state index in [-0.39, 0.29) is 0 Å². The molecule has 0 bridgehead atoms. The van der Waals surface area contributed by atoms with E-state index < -0.39 is 0 Å². The highest BCUT2D eigenvalue weighted by Gasteiger charge is 2.19. The number of thioether (sulfide) groups is 1. The lowest BCUT2D eigenvalue weighted by molar-refractivity contribution is 0.184. The van der Waals surface area contributed by atoms with E-state index >= 15 is 0 Å². The Labute approximate surface area is 107 Å². The van der Waals surface area contributed by atoms with Crippen molar-refractivity contribution < 1.29 is 0 Å². The second-order valence-corrected chi connectivity index (χ2v) is 5.17. The number of hydrogen-bond acceptors (Lipinski definition) is 5. The Morgan fingerprint density at radius 1 is 1.47 bits per heavy atom. The monoisotopic (exact) mass is 252 g/mol. The minimum atomic E-state index is 0.623. The van der Waals surface area contributed by atoms with Gasteiger partial charge in [0, 0.05) is 31.5 Å². The van der Waals surface area contributed by atoms with Crippen molar-refractivity contribution in [1.82, 2.24) is 20.2 Å². The number of aromatic nitrogens is 2. The van der Waals surface area contributed by atoms with Gasteiger partial charge in [-0.15, -0.1) is 11.8 Å². The van der Waals surface area contributed by atoms with E-state index in [1.807, 2.05) is 7.05 Å². The van der Waals surface area contributed by atoms with E-state index in [1.54, 1.807) is 24.2 Å². The quantitative estimate of drug-likeness (QED) is 0.820. The van der Waals surface area contributed by atoms with Crippen LogP contribution in [0.25, 0.3) is 0 Å². The number of likely N-dealkylation sites (tertiary alicyclic amines) is 1. The summed E-state index contributed by atoms with van der Waals surface area (Å²) >= 11 is 1.67. The van der Waals surface area contributed by atoms with Crippen molar-refractivity contribution in [3.63, 3.8) is 0 Å². The van der Waals surface area contributed by atoms with Gasteiger partial charge >= 0.3 is 0 Å². The molecule has 5 heteroatoms. The summed E-state index contributed by atoms with van der Waals surface area (Å²) in [6.45, 7) is 3.20. The van der Waals surface area contributed by atoms with Gasteiger partial charge < -0.3 is 5.32 Å². The van der Waals surface area contributed by atoms with Crippen LogP contribution in [-0.4, -0.2) is 47.3 Å². The molecule has 0 saturated carbocycles.